The summed E-state index contributed by atoms with van der Waals surface area (Å²) in [4.78, 5) is 23.3. The van der Waals surface area contributed by atoms with Gasteiger partial charge in [0.1, 0.15) is 5.69 Å². The molecule has 1 fully saturated rings. The third-order valence-corrected chi connectivity index (χ3v) is 5.27. The smallest absolute Gasteiger partial charge is 0.337 e. The van der Waals surface area contributed by atoms with Gasteiger partial charge in [0, 0.05) is 36.5 Å². The predicted molar refractivity (Wildman–Crippen MR) is 107 cm³/mol. The quantitative estimate of drug-likeness (QED) is 0.596. The molecule has 2 aromatic heterocycles. The summed E-state index contributed by atoms with van der Waals surface area (Å²) in [6.45, 7) is 1.16. The van der Waals surface area contributed by atoms with Gasteiger partial charge >= 0.3 is 6.18 Å². The topological polar surface area (TPSA) is 46.1 Å². The van der Waals surface area contributed by atoms with Crippen molar-refractivity contribution in [2.45, 2.75) is 24.9 Å². The van der Waals surface area contributed by atoms with Crippen LogP contribution in [0.15, 0.2) is 66.9 Å². The minimum absolute atomic E-state index is 0.0251. The monoisotopic (exact) mass is 411 g/mol. The third-order valence-electron chi connectivity index (χ3n) is 5.27. The van der Waals surface area contributed by atoms with E-state index in [4.69, 9.17) is 0 Å². The lowest BCUT2D eigenvalue weighted by Gasteiger charge is -2.32. The van der Waals surface area contributed by atoms with Crippen molar-refractivity contribution in [2.75, 3.05) is 13.1 Å². The second kappa shape index (κ2) is 8.26. The first-order valence-electron chi connectivity index (χ1n) is 9.77. The van der Waals surface area contributed by atoms with Crippen LogP contribution in [0.3, 0.4) is 0 Å². The van der Waals surface area contributed by atoms with Gasteiger partial charge in [-0.1, -0.05) is 24.3 Å². The van der Waals surface area contributed by atoms with Crippen molar-refractivity contribution >= 4 is 5.91 Å². The van der Waals surface area contributed by atoms with E-state index in [0.29, 0.717) is 30.0 Å². The Labute approximate surface area is 172 Å². The zero-order valence-electron chi connectivity index (χ0n) is 16.1. The molecule has 1 amide bonds. The van der Waals surface area contributed by atoms with Gasteiger partial charge < -0.3 is 4.90 Å². The Bertz CT molecular complexity index is 1040. The summed E-state index contributed by atoms with van der Waals surface area (Å²) < 4.78 is 39.1. The number of carbonyl (C=O) groups is 1. The molecule has 0 saturated carbocycles. The summed E-state index contributed by atoms with van der Waals surface area (Å²) in [5.74, 6) is -0.0912. The molecule has 1 unspecified atom stereocenters. The first kappa shape index (κ1) is 20.1. The highest BCUT2D eigenvalue weighted by Crippen LogP contribution is 2.33. The van der Waals surface area contributed by atoms with Crippen molar-refractivity contribution in [2.24, 2.45) is 0 Å². The van der Waals surface area contributed by atoms with Crippen LogP contribution >= 0.6 is 0 Å². The fraction of sp³-hybridized carbons (Fsp3) is 0.261. The Morgan fingerprint density at radius 3 is 2.63 bits per heavy atom. The van der Waals surface area contributed by atoms with Gasteiger partial charge in [-0.2, -0.15) is 13.2 Å². The SMILES string of the molecule is O=C(c1ccccn1)N1CCCC(c2cccc(-c3cccc(C(F)(F)F)c3)n2)C1. The van der Waals surface area contributed by atoms with Gasteiger partial charge in [-0.25, -0.2) is 0 Å². The largest absolute Gasteiger partial charge is 0.416 e. The van der Waals surface area contributed by atoms with Crippen LogP contribution in [-0.4, -0.2) is 33.9 Å². The van der Waals surface area contributed by atoms with E-state index >= 15 is 0 Å². The van der Waals surface area contributed by atoms with Gasteiger partial charge in [-0.05, 0) is 49.2 Å². The highest BCUT2D eigenvalue weighted by molar-refractivity contribution is 5.92. The maximum atomic E-state index is 13.0. The van der Waals surface area contributed by atoms with Crippen molar-refractivity contribution in [3.8, 4) is 11.3 Å². The number of aromatic nitrogens is 2. The van der Waals surface area contributed by atoms with Crippen LogP contribution in [0.25, 0.3) is 11.3 Å². The molecule has 1 atom stereocenters. The molecule has 1 saturated heterocycles. The molecule has 3 heterocycles. The molecule has 4 rings (SSSR count). The van der Waals surface area contributed by atoms with Gasteiger partial charge in [0.15, 0.2) is 0 Å². The number of halogens is 3. The van der Waals surface area contributed by atoms with Crippen LogP contribution in [0.4, 0.5) is 13.2 Å². The minimum atomic E-state index is -4.40. The molecule has 1 aromatic carbocycles. The number of hydrogen-bond acceptors (Lipinski definition) is 3. The van der Waals surface area contributed by atoms with Gasteiger partial charge in [-0.3, -0.25) is 14.8 Å². The molecular formula is C23H20F3N3O. The first-order valence-corrected chi connectivity index (χ1v) is 9.77. The number of piperidine rings is 1. The number of nitrogens with zero attached hydrogens (tertiary/aromatic N) is 3. The van der Waals surface area contributed by atoms with Crippen LogP contribution in [0, 0.1) is 0 Å². The van der Waals surface area contributed by atoms with Gasteiger partial charge in [0.2, 0.25) is 0 Å². The van der Waals surface area contributed by atoms with Crippen molar-refractivity contribution in [1.29, 1.82) is 0 Å². The van der Waals surface area contributed by atoms with Crippen LogP contribution in [0.2, 0.25) is 0 Å². The fourth-order valence-corrected chi connectivity index (χ4v) is 3.75. The molecule has 0 spiro atoms. The lowest BCUT2D eigenvalue weighted by Crippen LogP contribution is -2.39. The minimum Gasteiger partial charge on any atom is -0.337 e. The Morgan fingerprint density at radius 1 is 1.03 bits per heavy atom. The Hall–Kier alpha value is -3.22. The maximum absolute atomic E-state index is 13.0. The Morgan fingerprint density at radius 2 is 1.87 bits per heavy atom. The van der Waals surface area contributed by atoms with Crippen LogP contribution in [0.1, 0.15) is 40.5 Å². The molecule has 0 radical (unpaired) electrons. The molecule has 154 valence electrons. The fourth-order valence-electron chi connectivity index (χ4n) is 3.75. The second-order valence-electron chi connectivity index (χ2n) is 7.33. The third kappa shape index (κ3) is 4.35. The van der Waals surface area contributed by atoms with E-state index < -0.39 is 11.7 Å². The van der Waals surface area contributed by atoms with Crippen LogP contribution in [-0.2, 0) is 6.18 Å². The van der Waals surface area contributed by atoms with Crippen LogP contribution < -0.4 is 0 Å². The molecule has 0 N–H and O–H groups in total. The average molecular weight is 411 g/mol. The zero-order valence-corrected chi connectivity index (χ0v) is 16.1. The van der Waals surface area contributed by atoms with Gasteiger partial charge in [-0.15, -0.1) is 0 Å². The summed E-state index contributed by atoms with van der Waals surface area (Å²) in [5, 5.41) is 0. The highest BCUT2D eigenvalue weighted by atomic mass is 19.4. The predicted octanol–water partition coefficient (Wildman–Crippen LogP) is 5.18. The van der Waals surface area contributed by atoms with Crippen molar-refractivity contribution < 1.29 is 18.0 Å². The van der Waals surface area contributed by atoms with Crippen molar-refractivity contribution in [1.82, 2.24) is 14.9 Å². The van der Waals surface area contributed by atoms with E-state index in [0.717, 1.165) is 30.7 Å². The number of carbonyl (C=O) groups excluding carboxylic acids is 1. The number of pyridine rings is 2. The lowest BCUT2D eigenvalue weighted by molar-refractivity contribution is -0.137. The summed E-state index contributed by atoms with van der Waals surface area (Å²) in [6, 6.07) is 15.8. The number of amides is 1. The summed E-state index contributed by atoms with van der Waals surface area (Å²) in [7, 11) is 0. The zero-order chi connectivity index (χ0) is 21.1. The number of likely N-dealkylation sites (tertiary alicyclic amines) is 1. The lowest BCUT2D eigenvalue weighted by atomic mass is 9.93. The first-order chi connectivity index (χ1) is 14.4. The second-order valence-corrected chi connectivity index (χ2v) is 7.33. The van der Waals surface area contributed by atoms with Gasteiger partial charge in [0.05, 0.1) is 11.3 Å². The van der Waals surface area contributed by atoms with E-state index in [1.54, 1.807) is 47.5 Å². The number of benzene rings is 1. The van der Waals surface area contributed by atoms with E-state index in [1.165, 1.54) is 6.07 Å². The number of alkyl halides is 3. The van der Waals surface area contributed by atoms with E-state index in [-0.39, 0.29) is 11.8 Å². The highest BCUT2D eigenvalue weighted by Gasteiger charge is 2.31. The average Bonchev–Trinajstić information content (AvgIpc) is 2.79. The maximum Gasteiger partial charge on any atom is 0.416 e. The van der Waals surface area contributed by atoms with E-state index in [1.807, 2.05) is 6.07 Å². The number of rotatable bonds is 3. The standard InChI is InChI=1S/C23H20F3N3O/c24-23(25,26)18-8-3-6-16(14-18)19-10-4-11-20(28-19)17-7-5-13-29(15-17)22(30)21-9-1-2-12-27-21/h1-4,6,8-12,14,17H,5,7,13,15H2. The summed E-state index contributed by atoms with van der Waals surface area (Å²) in [6.07, 6.45) is -1.11. The summed E-state index contributed by atoms with van der Waals surface area (Å²) in [5.41, 5.74) is 1.40. The molecule has 30 heavy (non-hydrogen) atoms. The molecule has 0 aliphatic carbocycles. The molecule has 3 aromatic rings. The molecular weight excluding hydrogens is 391 g/mol. The molecule has 7 heteroatoms. The Kier molecular flexibility index (Phi) is 5.53. The van der Waals surface area contributed by atoms with Crippen LogP contribution in [0.5, 0.6) is 0 Å². The Balaban J connectivity index is 1.56. The van der Waals surface area contributed by atoms with Crippen molar-refractivity contribution in [3.05, 3.63) is 83.8 Å². The van der Waals surface area contributed by atoms with Crippen molar-refractivity contribution in [3.63, 3.8) is 0 Å². The van der Waals surface area contributed by atoms with E-state index in [9.17, 15) is 18.0 Å². The molecule has 1 aliphatic heterocycles. The normalized spacial score (nSPS) is 17.0. The van der Waals surface area contributed by atoms with Gasteiger partial charge in [0.25, 0.3) is 5.91 Å². The summed E-state index contributed by atoms with van der Waals surface area (Å²) >= 11 is 0. The number of hydrogen-bond donors (Lipinski definition) is 0. The molecule has 0 bridgehead atoms. The molecule has 4 nitrogen and oxygen atoms in total. The van der Waals surface area contributed by atoms with E-state index in [2.05, 4.69) is 9.97 Å². The molecule has 1 aliphatic rings.